The smallest absolute Gasteiger partial charge is 0.0599 e. The predicted octanol–water partition coefficient (Wildman–Crippen LogP) is 1.45. The summed E-state index contributed by atoms with van der Waals surface area (Å²) in [4.78, 5) is 2.37. The summed E-state index contributed by atoms with van der Waals surface area (Å²) in [5.74, 6) is 2.70. The second kappa shape index (κ2) is 4.69. The number of terminal acetylenes is 1. The van der Waals surface area contributed by atoms with Crippen LogP contribution in [0.5, 0.6) is 0 Å². The zero-order valence-electron chi connectivity index (χ0n) is 7.05. The third kappa shape index (κ3) is 2.76. The molecule has 1 unspecified atom stereocenters. The Labute approximate surface area is 73.5 Å². The number of likely N-dealkylation sites (tertiary alicyclic amines) is 1. The summed E-state index contributed by atoms with van der Waals surface area (Å²) in [5, 5.41) is 0.817. The molecule has 0 N–H and O–H groups in total. The van der Waals surface area contributed by atoms with E-state index in [0.29, 0.717) is 0 Å². The molecule has 0 aromatic rings. The summed E-state index contributed by atoms with van der Waals surface area (Å²) in [7, 11) is 0. The predicted molar refractivity (Wildman–Crippen MR) is 51.8 cm³/mol. The minimum atomic E-state index is 0.817. The molecule has 1 fully saturated rings. The van der Waals surface area contributed by atoms with Crippen molar-refractivity contribution in [2.24, 2.45) is 0 Å². The summed E-state index contributed by atoms with van der Waals surface area (Å²) in [5.41, 5.74) is 0. The Kier molecular flexibility index (Phi) is 3.82. The van der Waals surface area contributed by atoms with Crippen molar-refractivity contribution in [3.05, 3.63) is 0 Å². The molecule has 1 nitrogen and oxygen atoms in total. The van der Waals surface area contributed by atoms with Crippen molar-refractivity contribution >= 4 is 11.8 Å². The van der Waals surface area contributed by atoms with Crippen LogP contribution >= 0.6 is 11.8 Å². The summed E-state index contributed by atoms with van der Waals surface area (Å²) in [6.07, 6.45) is 10.1. The van der Waals surface area contributed by atoms with E-state index in [9.17, 15) is 0 Å². The summed E-state index contributed by atoms with van der Waals surface area (Å²) in [6.45, 7) is 3.21. The van der Waals surface area contributed by atoms with Crippen LogP contribution in [0.25, 0.3) is 0 Å². The minimum absolute atomic E-state index is 0.817. The molecule has 0 radical (unpaired) electrons. The monoisotopic (exact) mass is 169 g/mol. The fourth-order valence-corrected chi connectivity index (χ4v) is 2.24. The highest BCUT2D eigenvalue weighted by Gasteiger charge is 2.17. The van der Waals surface area contributed by atoms with E-state index in [1.165, 1.54) is 25.9 Å². The molecule has 11 heavy (non-hydrogen) atoms. The Morgan fingerprint density at radius 1 is 1.73 bits per heavy atom. The van der Waals surface area contributed by atoms with E-state index in [1.54, 1.807) is 0 Å². The summed E-state index contributed by atoms with van der Waals surface area (Å²) < 4.78 is 0. The van der Waals surface area contributed by atoms with Gasteiger partial charge in [0.05, 0.1) is 6.54 Å². The quantitative estimate of drug-likeness (QED) is 0.576. The maximum absolute atomic E-state index is 5.25. The first-order valence-electron chi connectivity index (χ1n) is 4.05. The van der Waals surface area contributed by atoms with E-state index in [0.717, 1.165) is 11.8 Å². The van der Waals surface area contributed by atoms with Crippen LogP contribution in [-0.4, -0.2) is 36.0 Å². The molecule has 1 aliphatic rings. The number of hydrogen-bond donors (Lipinski definition) is 0. The summed E-state index contributed by atoms with van der Waals surface area (Å²) >= 11 is 1.97. The normalized spacial score (nSPS) is 26.4. The van der Waals surface area contributed by atoms with Gasteiger partial charge < -0.3 is 0 Å². The molecule has 0 aliphatic carbocycles. The van der Waals surface area contributed by atoms with Gasteiger partial charge in [0.1, 0.15) is 0 Å². The molecule has 62 valence electrons. The lowest BCUT2D eigenvalue weighted by Gasteiger charge is -2.30. The van der Waals surface area contributed by atoms with Crippen molar-refractivity contribution < 1.29 is 0 Å². The van der Waals surface area contributed by atoms with Crippen LogP contribution in [0.2, 0.25) is 0 Å². The molecule has 0 aromatic heterocycles. The fourth-order valence-electron chi connectivity index (χ4n) is 1.48. The zero-order valence-corrected chi connectivity index (χ0v) is 7.86. The van der Waals surface area contributed by atoms with E-state index in [1.807, 2.05) is 11.8 Å². The van der Waals surface area contributed by atoms with Gasteiger partial charge in [-0.15, -0.1) is 6.42 Å². The third-order valence-corrected chi connectivity index (χ3v) is 3.16. The molecule has 1 heterocycles. The van der Waals surface area contributed by atoms with Gasteiger partial charge in [-0.25, -0.2) is 0 Å². The first-order chi connectivity index (χ1) is 5.36. The molecule has 0 aromatic carbocycles. The van der Waals surface area contributed by atoms with Crippen LogP contribution in [0.3, 0.4) is 0 Å². The van der Waals surface area contributed by atoms with Gasteiger partial charge in [-0.3, -0.25) is 4.90 Å². The van der Waals surface area contributed by atoms with Crippen molar-refractivity contribution in [1.82, 2.24) is 4.90 Å². The lowest BCUT2D eigenvalue weighted by molar-refractivity contribution is 0.261. The van der Waals surface area contributed by atoms with Crippen LogP contribution in [0.15, 0.2) is 0 Å². The summed E-state index contributed by atoms with van der Waals surface area (Å²) in [6, 6.07) is 0. The molecule has 0 amide bonds. The van der Waals surface area contributed by atoms with Gasteiger partial charge >= 0.3 is 0 Å². The van der Waals surface area contributed by atoms with Crippen molar-refractivity contribution in [1.29, 1.82) is 0 Å². The molecule has 2 heteroatoms. The third-order valence-electron chi connectivity index (χ3n) is 2.11. The van der Waals surface area contributed by atoms with Gasteiger partial charge in [-0.05, 0) is 25.6 Å². The van der Waals surface area contributed by atoms with Gasteiger partial charge in [0, 0.05) is 11.8 Å². The molecular weight excluding hydrogens is 154 g/mol. The highest BCUT2D eigenvalue weighted by Crippen LogP contribution is 2.19. The Morgan fingerprint density at radius 3 is 3.18 bits per heavy atom. The molecule has 0 spiro atoms. The van der Waals surface area contributed by atoms with Crippen LogP contribution in [0.1, 0.15) is 12.8 Å². The van der Waals surface area contributed by atoms with E-state index in [4.69, 9.17) is 6.42 Å². The van der Waals surface area contributed by atoms with Crippen LogP contribution < -0.4 is 0 Å². The maximum Gasteiger partial charge on any atom is 0.0599 e. The average molecular weight is 169 g/mol. The first kappa shape index (κ1) is 8.96. The molecule has 1 rings (SSSR count). The molecule has 1 saturated heterocycles. The lowest BCUT2D eigenvalue weighted by Crippen LogP contribution is -2.36. The van der Waals surface area contributed by atoms with Gasteiger partial charge in [0.15, 0.2) is 0 Å². The van der Waals surface area contributed by atoms with Gasteiger partial charge in [0.25, 0.3) is 0 Å². The number of nitrogens with zero attached hydrogens (tertiary/aromatic N) is 1. The minimum Gasteiger partial charge on any atom is -0.291 e. The van der Waals surface area contributed by atoms with Crippen molar-refractivity contribution in [3.63, 3.8) is 0 Å². The standard InChI is InChI=1S/C9H15NS/c1-3-6-10-7-4-5-9(8-10)11-2/h1,9H,4-8H2,2H3. The van der Waals surface area contributed by atoms with Crippen LogP contribution in [0, 0.1) is 12.3 Å². The van der Waals surface area contributed by atoms with Gasteiger partial charge in [-0.2, -0.15) is 11.8 Å². The molecule has 0 bridgehead atoms. The zero-order chi connectivity index (χ0) is 8.10. The molecule has 1 atom stereocenters. The number of thioether (sulfide) groups is 1. The van der Waals surface area contributed by atoms with Crippen molar-refractivity contribution in [2.45, 2.75) is 18.1 Å². The lowest BCUT2D eigenvalue weighted by atomic mass is 10.1. The number of rotatable bonds is 2. The molecule has 0 saturated carbocycles. The number of piperidine rings is 1. The SMILES string of the molecule is C#CCN1CCCC(SC)C1. The van der Waals surface area contributed by atoms with Crippen LogP contribution in [-0.2, 0) is 0 Å². The molecule has 1 aliphatic heterocycles. The highest BCUT2D eigenvalue weighted by atomic mass is 32.2. The van der Waals surface area contributed by atoms with Gasteiger partial charge in [-0.1, -0.05) is 5.92 Å². The average Bonchev–Trinajstić information content (AvgIpc) is 2.06. The highest BCUT2D eigenvalue weighted by molar-refractivity contribution is 7.99. The maximum atomic E-state index is 5.25. The van der Waals surface area contributed by atoms with E-state index >= 15 is 0 Å². The van der Waals surface area contributed by atoms with E-state index in [2.05, 4.69) is 17.1 Å². The topological polar surface area (TPSA) is 3.24 Å². The van der Waals surface area contributed by atoms with Crippen molar-refractivity contribution in [3.8, 4) is 12.3 Å². The second-order valence-corrected chi connectivity index (χ2v) is 4.08. The van der Waals surface area contributed by atoms with Gasteiger partial charge in [0.2, 0.25) is 0 Å². The Bertz CT molecular complexity index is 150. The number of hydrogen-bond acceptors (Lipinski definition) is 2. The Hall–Kier alpha value is -0.130. The van der Waals surface area contributed by atoms with Crippen molar-refractivity contribution in [2.75, 3.05) is 25.9 Å². The fraction of sp³-hybridized carbons (Fsp3) is 0.778. The van der Waals surface area contributed by atoms with Crippen LogP contribution in [0.4, 0.5) is 0 Å². The van der Waals surface area contributed by atoms with E-state index < -0.39 is 0 Å². The van der Waals surface area contributed by atoms with E-state index in [-0.39, 0.29) is 0 Å². The molecular formula is C9H15NS. The Morgan fingerprint density at radius 2 is 2.55 bits per heavy atom. The first-order valence-corrected chi connectivity index (χ1v) is 5.34. The second-order valence-electron chi connectivity index (χ2n) is 2.94. The largest absolute Gasteiger partial charge is 0.291 e. The Balaban J connectivity index is 2.28.